The van der Waals surface area contributed by atoms with Crippen molar-refractivity contribution in [3.8, 4) is 0 Å². The van der Waals surface area contributed by atoms with E-state index >= 15 is 0 Å². The normalized spacial score (nSPS) is 21.6. The third-order valence-corrected chi connectivity index (χ3v) is 4.33. The van der Waals surface area contributed by atoms with Crippen molar-refractivity contribution in [2.24, 2.45) is 5.92 Å². The number of nitrogens with zero attached hydrogens (tertiary/aromatic N) is 1. The van der Waals surface area contributed by atoms with Crippen molar-refractivity contribution < 1.29 is 23.9 Å². The number of methoxy groups -OCH3 is 1. The Balaban J connectivity index is 2.73. The zero-order valence-corrected chi connectivity index (χ0v) is 15.2. The molecule has 1 aliphatic rings. The number of carbonyl (C=O) groups excluding carboxylic acids is 3. The lowest BCUT2D eigenvalue weighted by Crippen LogP contribution is -2.51. The predicted octanol–water partition coefficient (Wildman–Crippen LogP) is 0.762. The quantitative estimate of drug-likeness (QED) is 0.441. The van der Waals surface area contributed by atoms with Crippen LogP contribution in [0.4, 0.5) is 0 Å². The molecule has 0 aromatic heterocycles. The monoisotopic (exact) mass is 342 g/mol. The van der Waals surface area contributed by atoms with E-state index in [-0.39, 0.29) is 24.7 Å². The maximum Gasteiger partial charge on any atom is 0.317 e. The maximum atomic E-state index is 12.4. The number of amides is 1. The Labute approximate surface area is 144 Å². The van der Waals surface area contributed by atoms with E-state index in [1.807, 2.05) is 11.9 Å². The smallest absolute Gasteiger partial charge is 0.317 e. The number of rotatable bonds is 11. The molecular weight excluding hydrogens is 312 g/mol. The van der Waals surface area contributed by atoms with Gasteiger partial charge in [0, 0.05) is 33.0 Å². The lowest BCUT2D eigenvalue weighted by molar-refractivity contribution is -0.172. The largest absolute Gasteiger partial charge is 0.447 e. The van der Waals surface area contributed by atoms with Crippen LogP contribution in [0, 0.1) is 5.92 Å². The molecule has 0 aromatic carbocycles. The third-order valence-electron chi connectivity index (χ3n) is 4.33. The van der Waals surface area contributed by atoms with Crippen molar-refractivity contribution in [3.63, 3.8) is 0 Å². The average molecular weight is 342 g/mol. The van der Waals surface area contributed by atoms with E-state index in [1.54, 1.807) is 0 Å². The molecule has 1 aliphatic heterocycles. The van der Waals surface area contributed by atoms with E-state index in [0.29, 0.717) is 19.5 Å². The number of nitrogens with one attached hydrogen (secondary N) is 1. The summed E-state index contributed by atoms with van der Waals surface area (Å²) in [6.07, 6.45) is 2.64. The summed E-state index contributed by atoms with van der Waals surface area (Å²) in [6, 6.07) is 0. The van der Waals surface area contributed by atoms with Gasteiger partial charge in [-0.1, -0.05) is 13.3 Å². The Hall–Kier alpha value is -1.47. The lowest BCUT2D eigenvalue weighted by atomic mass is 9.99. The van der Waals surface area contributed by atoms with Crippen molar-refractivity contribution in [1.82, 2.24) is 10.2 Å². The first-order valence-corrected chi connectivity index (χ1v) is 8.57. The topological polar surface area (TPSA) is 84.9 Å². The maximum absolute atomic E-state index is 12.4. The van der Waals surface area contributed by atoms with Crippen LogP contribution in [0.2, 0.25) is 0 Å². The SMILES string of the molecule is CCCCN(C)CC1(OC(=O)C(C)C(=O)CCOC)CCNC1=O. The molecule has 1 rings (SSSR count). The van der Waals surface area contributed by atoms with Gasteiger partial charge in [0.05, 0.1) is 6.61 Å². The Morgan fingerprint density at radius 3 is 2.67 bits per heavy atom. The Morgan fingerprint density at radius 2 is 2.12 bits per heavy atom. The molecule has 1 amide bonds. The highest BCUT2D eigenvalue weighted by Crippen LogP contribution is 2.24. The number of hydrogen-bond acceptors (Lipinski definition) is 6. The molecule has 0 aromatic rings. The van der Waals surface area contributed by atoms with Gasteiger partial charge < -0.3 is 19.7 Å². The van der Waals surface area contributed by atoms with Crippen LogP contribution in [0.15, 0.2) is 0 Å². The standard InChI is InChI=1S/C17H30N2O5/c1-5-6-10-19(3)12-17(8-9-18-16(17)22)24-15(21)13(2)14(20)7-11-23-4/h13H,5-12H2,1-4H3,(H,18,22). The molecule has 0 saturated carbocycles. The summed E-state index contributed by atoms with van der Waals surface area (Å²) < 4.78 is 10.4. The Kier molecular flexibility index (Phi) is 8.35. The molecule has 7 heteroatoms. The lowest BCUT2D eigenvalue weighted by Gasteiger charge is -2.31. The van der Waals surface area contributed by atoms with Crippen LogP contribution in [-0.4, -0.2) is 68.6 Å². The van der Waals surface area contributed by atoms with Gasteiger partial charge in [-0.25, -0.2) is 0 Å². The first kappa shape index (κ1) is 20.6. The minimum atomic E-state index is -1.20. The molecule has 0 bridgehead atoms. The van der Waals surface area contributed by atoms with Gasteiger partial charge in [0.2, 0.25) is 5.60 Å². The number of hydrogen-bond donors (Lipinski definition) is 1. The second-order valence-electron chi connectivity index (χ2n) is 6.44. The predicted molar refractivity (Wildman–Crippen MR) is 89.5 cm³/mol. The van der Waals surface area contributed by atoms with Crippen molar-refractivity contribution in [2.75, 3.05) is 40.4 Å². The molecule has 0 aliphatic carbocycles. The second kappa shape index (κ2) is 9.74. The van der Waals surface area contributed by atoms with E-state index in [9.17, 15) is 14.4 Å². The van der Waals surface area contributed by atoms with E-state index < -0.39 is 17.5 Å². The molecule has 0 spiro atoms. The summed E-state index contributed by atoms with van der Waals surface area (Å²) >= 11 is 0. The van der Waals surface area contributed by atoms with Crippen LogP contribution >= 0.6 is 0 Å². The average Bonchev–Trinajstić information content (AvgIpc) is 2.89. The summed E-state index contributed by atoms with van der Waals surface area (Å²) in [5, 5.41) is 2.73. The highest BCUT2D eigenvalue weighted by atomic mass is 16.6. The first-order chi connectivity index (χ1) is 11.4. The number of ether oxygens (including phenoxy) is 2. The number of likely N-dealkylation sites (N-methyl/N-ethyl adjacent to an activating group) is 1. The Bertz CT molecular complexity index is 454. The molecule has 138 valence electrons. The van der Waals surface area contributed by atoms with Gasteiger partial charge in [-0.05, 0) is 26.9 Å². The summed E-state index contributed by atoms with van der Waals surface area (Å²) in [6.45, 7) is 5.51. The van der Waals surface area contributed by atoms with Gasteiger partial charge >= 0.3 is 5.97 Å². The van der Waals surface area contributed by atoms with Crippen molar-refractivity contribution in [3.05, 3.63) is 0 Å². The molecule has 7 nitrogen and oxygen atoms in total. The van der Waals surface area contributed by atoms with Crippen LogP contribution in [0.3, 0.4) is 0 Å². The highest BCUT2D eigenvalue weighted by Gasteiger charge is 2.47. The van der Waals surface area contributed by atoms with Crippen LogP contribution in [0.25, 0.3) is 0 Å². The van der Waals surface area contributed by atoms with Crippen molar-refractivity contribution in [2.45, 2.75) is 45.1 Å². The molecule has 24 heavy (non-hydrogen) atoms. The first-order valence-electron chi connectivity index (χ1n) is 8.57. The molecule has 1 heterocycles. The molecule has 1 fully saturated rings. The van der Waals surface area contributed by atoms with E-state index in [2.05, 4.69) is 12.2 Å². The zero-order valence-electron chi connectivity index (χ0n) is 15.2. The molecule has 1 saturated heterocycles. The number of Topliss-reactive ketones (excluding diaryl/α,β-unsaturated/α-hetero) is 1. The number of carbonyl (C=O) groups is 3. The Morgan fingerprint density at radius 1 is 1.42 bits per heavy atom. The fourth-order valence-corrected chi connectivity index (χ4v) is 2.71. The fraction of sp³-hybridized carbons (Fsp3) is 0.824. The van der Waals surface area contributed by atoms with Gasteiger partial charge in [0.15, 0.2) is 0 Å². The number of ketones is 1. The summed E-state index contributed by atoms with van der Waals surface area (Å²) in [4.78, 5) is 38.6. The molecular formula is C17H30N2O5. The minimum Gasteiger partial charge on any atom is -0.447 e. The molecule has 2 atom stereocenters. The highest BCUT2D eigenvalue weighted by molar-refractivity contribution is 6.00. The summed E-state index contributed by atoms with van der Waals surface area (Å²) in [7, 11) is 3.41. The van der Waals surface area contributed by atoms with E-state index in [0.717, 1.165) is 19.4 Å². The molecule has 1 N–H and O–H groups in total. The fourth-order valence-electron chi connectivity index (χ4n) is 2.71. The van der Waals surface area contributed by atoms with E-state index in [4.69, 9.17) is 9.47 Å². The summed E-state index contributed by atoms with van der Waals surface area (Å²) in [5.74, 6) is -2.06. The van der Waals surface area contributed by atoms with Crippen molar-refractivity contribution in [1.29, 1.82) is 0 Å². The van der Waals surface area contributed by atoms with Gasteiger partial charge in [-0.2, -0.15) is 0 Å². The molecule has 0 radical (unpaired) electrons. The summed E-state index contributed by atoms with van der Waals surface area (Å²) in [5.41, 5.74) is -1.20. The van der Waals surface area contributed by atoms with E-state index in [1.165, 1.54) is 14.0 Å². The van der Waals surface area contributed by atoms with Gasteiger partial charge in [-0.15, -0.1) is 0 Å². The van der Waals surface area contributed by atoms with Gasteiger partial charge in [-0.3, -0.25) is 14.4 Å². The third kappa shape index (κ3) is 5.56. The van der Waals surface area contributed by atoms with Crippen LogP contribution in [0.5, 0.6) is 0 Å². The molecule has 2 unspecified atom stereocenters. The second-order valence-corrected chi connectivity index (χ2v) is 6.44. The van der Waals surface area contributed by atoms with Gasteiger partial charge in [0.25, 0.3) is 5.91 Å². The van der Waals surface area contributed by atoms with Crippen LogP contribution in [-0.2, 0) is 23.9 Å². The van der Waals surface area contributed by atoms with Crippen LogP contribution < -0.4 is 5.32 Å². The van der Waals surface area contributed by atoms with Crippen molar-refractivity contribution >= 4 is 17.7 Å². The van der Waals surface area contributed by atoms with Gasteiger partial charge in [0.1, 0.15) is 11.7 Å². The van der Waals surface area contributed by atoms with Crippen LogP contribution in [0.1, 0.15) is 39.5 Å². The minimum absolute atomic E-state index is 0.155. The number of esters is 1. The number of unbranched alkanes of at least 4 members (excludes halogenated alkanes) is 1. The zero-order chi connectivity index (χ0) is 18.2.